The van der Waals surface area contributed by atoms with Crippen molar-refractivity contribution in [2.45, 2.75) is 103 Å². The maximum absolute atomic E-state index is 12.9. The second-order valence-corrected chi connectivity index (χ2v) is 23.7. The first-order valence-electron chi connectivity index (χ1n) is 11.9. The molecule has 0 aliphatic carbocycles. The molecule has 0 amide bonds. The molecule has 0 unspecified atom stereocenters. The quantitative estimate of drug-likeness (QED) is 0.231. The second kappa shape index (κ2) is 10.6. The Morgan fingerprint density at radius 3 is 1.48 bits per heavy atom. The van der Waals surface area contributed by atoms with Crippen molar-refractivity contribution in [3.63, 3.8) is 0 Å². The molecule has 8 heteroatoms. The molecular formula is C25H48O5SSi2. The monoisotopic (exact) mass is 516 g/mol. The summed E-state index contributed by atoms with van der Waals surface area (Å²) in [6.45, 7) is 26.9. The minimum atomic E-state index is -3.87. The summed E-state index contributed by atoms with van der Waals surface area (Å²) >= 11 is 0. The van der Waals surface area contributed by atoms with Crippen LogP contribution in [0, 0.1) is 12.3 Å². The van der Waals surface area contributed by atoms with Crippen LogP contribution in [0.3, 0.4) is 0 Å². The van der Waals surface area contributed by atoms with Crippen molar-refractivity contribution in [2.75, 3.05) is 19.8 Å². The summed E-state index contributed by atoms with van der Waals surface area (Å²) < 4.78 is 44.7. The average Bonchev–Trinajstić information content (AvgIpc) is 2.66. The van der Waals surface area contributed by atoms with Crippen LogP contribution in [0.25, 0.3) is 0 Å². The van der Waals surface area contributed by atoms with Crippen LogP contribution in [-0.4, -0.2) is 44.9 Å². The van der Waals surface area contributed by atoms with Gasteiger partial charge in [0.05, 0.1) is 11.5 Å². The summed E-state index contributed by atoms with van der Waals surface area (Å²) in [5, 5.41) is 0.114. The van der Waals surface area contributed by atoms with Gasteiger partial charge >= 0.3 is 0 Å². The molecule has 1 aromatic carbocycles. The van der Waals surface area contributed by atoms with Gasteiger partial charge in [-0.25, -0.2) is 0 Å². The van der Waals surface area contributed by atoms with Crippen molar-refractivity contribution >= 4 is 26.8 Å². The Balaban J connectivity index is 3.19. The predicted octanol–water partition coefficient (Wildman–Crippen LogP) is 7.14. The second-order valence-electron chi connectivity index (χ2n) is 12.5. The van der Waals surface area contributed by atoms with Gasteiger partial charge in [0, 0.05) is 18.6 Å². The summed E-state index contributed by atoms with van der Waals surface area (Å²) in [4.78, 5) is 0.175. The molecule has 0 aromatic heterocycles. The molecule has 0 saturated carbocycles. The van der Waals surface area contributed by atoms with Crippen LogP contribution in [0.2, 0.25) is 36.3 Å². The van der Waals surface area contributed by atoms with Gasteiger partial charge in [-0.1, -0.05) is 66.2 Å². The number of benzene rings is 1. The predicted molar refractivity (Wildman–Crippen MR) is 143 cm³/mol. The number of aryl methyl sites for hydroxylation is 1. The third kappa shape index (κ3) is 8.28. The van der Waals surface area contributed by atoms with E-state index in [1.165, 1.54) is 0 Å². The molecular weight excluding hydrogens is 469 g/mol. The molecule has 33 heavy (non-hydrogen) atoms. The Labute approximate surface area is 206 Å². The molecule has 0 fully saturated rings. The molecule has 0 radical (unpaired) electrons. The van der Waals surface area contributed by atoms with Crippen molar-refractivity contribution < 1.29 is 21.5 Å². The van der Waals surface area contributed by atoms with Crippen LogP contribution in [0.1, 0.15) is 60.5 Å². The Kier molecular flexibility index (Phi) is 9.82. The number of rotatable bonds is 11. The fourth-order valence-electron chi connectivity index (χ4n) is 2.51. The Bertz CT molecular complexity index is 834. The molecule has 0 N–H and O–H groups in total. The van der Waals surface area contributed by atoms with E-state index in [-0.39, 0.29) is 21.6 Å². The van der Waals surface area contributed by atoms with Gasteiger partial charge in [-0.3, -0.25) is 4.18 Å². The van der Waals surface area contributed by atoms with E-state index in [4.69, 9.17) is 13.0 Å². The summed E-state index contributed by atoms with van der Waals surface area (Å²) in [5.74, 6) is 0. The van der Waals surface area contributed by atoms with Crippen LogP contribution in [0.4, 0.5) is 0 Å². The fraction of sp³-hybridized carbons (Fsp3) is 0.760. The van der Waals surface area contributed by atoms with Crippen molar-refractivity contribution in [1.29, 1.82) is 0 Å². The van der Waals surface area contributed by atoms with Crippen LogP contribution in [0.5, 0.6) is 0 Å². The van der Waals surface area contributed by atoms with Gasteiger partial charge in [0.2, 0.25) is 0 Å². The van der Waals surface area contributed by atoms with E-state index < -0.39 is 32.2 Å². The summed E-state index contributed by atoms with van der Waals surface area (Å²) in [6, 6.07) is 6.75. The van der Waals surface area contributed by atoms with Gasteiger partial charge < -0.3 is 8.85 Å². The minimum absolute atomic E-state index is 0.0307. The smallest absolute Gasteiger partial charge is 0.296 e. The van der Waals surface area contributed by atoms with E-state index in [9.17, 15) is 8.42 Å². The highest BCUT2D eigenvalue weighted by Crippen LogP contribution is 2.41. The number of hydrogen-bond donors (Lipinski definition) is 0. The van der Waals surface area contributed by atoms with Crippen LogP contribution >= 0.6 is 0 Å². The lowest BCUT2D eigenvalue weighted by atomic mass is 9.88. The molecule has 0 spiro atoms. The summed E-state index contributed by atoms with van der Waals surface area (Å²) in [5.41, 5.74) is 0.449. The van der Waals surface area contributed by atoms with Gasteiger partial charge in [-0.15, -0.1) is 0 Å². The van der Waals surface area contributed by atoms with E-state index >= 15 is 0 Å². The Morgan fingerprint density at radius 1 is 0.758 bits per heavy atom. The van der Waals surface area contributed by atoms with Gasteiger partial charge in [0.25, 0.3) is 10.1 Å². The first kappa shape index (κ1) is 30.5. The lowest BCUT2D eigenvalue weighted by Gasteiger charge is -2.43. The van der Waals surface area contributed by atoms with Crippen molar-refractivity contribution in [3.8, 4) is 0 Å². The third-order valence-corrected chi connectivity index (χ3v) is 17.9. The molecule has 1 rings (SSSR count). The zero-order valence-corrected chi connectivity index (χ0v) is 25.9. The SMILES string of the molecule is CCC(CO[Si](C)(C)C(C)(C)C)(CO[Si](C)(C)C(C)(C)C)COS(=O)(=O)c1ccc(C)cc1. The molecule has 0 heterocycles. The molecule has 1 aromatic rings. The standard InChI is InChI=1S/C25H48O5SSi2/c1-13-25(19-29-32(9,10)23(3,4)5,20-30-33(11,12)24(6,7)8)18-28-31(26,27)22-16-14-21(2)15-17-22/h14-17H,13,18-20H2,1-12H3. The maximum atomic E-state index is 12.9. The van der Waals surface area contributed by atoms with Crippen molar-refractivity contribution in [3.05, 3.63) is 29.8 Å². The van der Waals surface area contributed by atoms with E-state index in [1.54, 1.807) is 24.3 Å². The molecule has 0 aliphatic heterocycles. The molecule has 0 atom stereocenters. The molecule has 0 aliphatic rings. The highest BCUT2D eigenvalue weighted by atomic mass is 32.2. The minimum Gasteiger partial charge on any atom is -0.416 e. The van der Waals surface area contributed by atoms with Gasteiger partial charge in [-0.2, -0.15) is 8.42 Å². The first-order chi connectivity index (χ1) is 14.7. The molecule has 192 valence electrons. The largest absolute Gasteiger partial charge is 0.416 e. The van der Waals surface area contributed by atoms with Gasteiger partial charge in [-0.05, 0) is 61.7 Å². The maximum Gasteiger partial charge on any atom is 0.296 e. The van der Waals surface area contributed by atoms with E-state index in [0.29, 0.717) is 19.6 Å². The highest BCUT2D eigenvalue weighted by molar-refractivity contribution is 7.86. The molecule has 5 nitrogen and oxygen atoms in total. The fourth-order valence-corrected chi connectivity index (χ4v) is 5.72. The zero-order valence-electron chi connectivity index (χ0n) is 23.1. The third-order valence-electron chi connectivity index (χ3n) is 7.67. The number of hydrogen-bond acceptors (Lipinski definition) is 5. The summed E-state index contributed by atoms with van der Waals surface area (Å²) in [7, 11) is -7.95. The Hall–Kier alpha value is -0.516. The zero-order chi connectivity index (χ0) is 25.9. The van der Waals surface area contributed by atoms with Crippen LogP contribution in [0.15, 0.2) is 29.2 Å². The molecule has 0 saturated heterocycles. The highest BCUT2D eigenvalue weighted by Gasteiger charge is 2.43. The molecule has 0 bridgehead atoms. The van der Waals surface area contributed by atoms with Gasteiger partial charge in [0.15, 0.2) is 16.6 Å². The topological polar surface area (TPSA) is 61.8 Å². The normalized spacial score (nSPS) is 14.5. The van der Waals surface area contributed by atoms with Crippen LogP contribution < -0.4 is 0 Å². The van der Waals surface area contributed by atoms with Crippen molar-refractivity contribution in [2.24, 2.45) is 5.41 Å². The van der Waals surface area contributed by atoms with E-state index in [1.807, 2.05) is 6.92 Å². The van der Waals surface area contributed by atoms with E-state index in [2.05, 4.69) is 74.7 Å². The van der Waals surface area contributed by atoms with Crippen LogP contribution in [-0.2, 0) is 23.2 Å². The Morgan fingerprint density at radius 2 is 1.15 bits per heavy atom. The van der Waals surface area contributed by atoms with Gasteiger partial charge in [0.1, 0.15) is 0 Å². The summed E-state index contributed by atoms with van der Waals surface area (Å²) in [6.07, 6.45) is 0.694. The lowest BCUT2D eigenvalue weighted by molar-refractivity contribution is 0.0220. The lowest BCUT2D eigenvalue weighted by Crippen LogP contribution is -2.49. The average molecular weight is 517 g/mol. The first-order valence-corrected chi connectivity index (χ1v) is 19.1. The van der Waals surface area contributed by atoms with E-state index in [0.717, 1.165) is 5.56 Å². The van der Waals surface area contributed by atoms with Crippen molar-refractivity contribution in [1.82, 2.24) is 0 Å².